The molecule has 1 atom stereocenters. The third-order valence-electron chi connectivity index (χ3n) is 1.63. The first kappa shape index (κ1) is 7.32. The molecule has 0 amide bonds. The Bertz CT molecular complexity index is 170. The number of allylic oxidation sites excluding steroid dienone is 2. The molecule has 0 aromatic carbocycles. The second kappa shape index (κ2) is 2.86. The highest BCUT2D eigenvalue weighted by Crippen LogP contribution is 2.21. The lowest BCUT2D eigenvalue weighted by Crippen LogP contribution is -1.99. The molecule has 0 aromatic rings. The van der Waals surface area contributed by atoms with E-state index >= 15 is 0 Å². The molecular formula is C8H12O2. The number of carbonyl (C=O) groups excluding carboxylic acids is 1. The molecule has 0 heterocycles. The lowest BCUT2D eigenvalue weighted by Gasteiger charge is -2.02. The fourth-order valence-corrected chi connectivity index (χ4v) is 1.05. The Balaban J connectivity index is 2.50. The average molecular weight is 140 g/mol. The molecule has 0 aliphatic heterocycles. The van der Waals surface area contributed by atoms with Crippen LogP contribution in [0.25, 0.3) is 0 Å². The first-order valence-corrected chi connectivity index (χ1v) is 3.61. The topological polar surface area (TPSA) is 26.3 Å². The van der Waals surface area contributed by atoms with Gasteiger partial charge in [-0.3, -0.25) is 4.79 Å². The van der Waals surface area contributed by atoms with Crippen molar-refractivity contribution in [3.8, 4) is 0 Å². The van der Waals surface area contributed by atoms with Crippen LogP contribution in [0.3, 0.4) is 0 Å². The monoisotopic (exact) mass is 140 g/mol. The van der Waals surface area contributed by atoms with Gasteiger partial charge < -0.3 is 4.74 Å². The van der Waals surface area contributed by atoms with Crippen LogP contribution < -0.4 is 0 Å². The first-order valence-electron chi connectivity index (χ1n) is 3.61. The van der Waals surface area contributed by atoms with Crippen molar-refractivity contribution < 1.29 is 9.53 Å². The second-order valence-electron chi connectivity index (χ2n) is 2.55. The van der Waals surface area contributed by atoms with Crippen LogP contribution in [0.1, 0.15) is 20.3 Å². The van der Waals surface area contributed by atoms with E-state index in [1.807, 2.05) is 13.8 Å². The smallest absolute Gasteiger partial charge is 0.162 e. The summed E-state index contributed by atoms with van der Waals surface area (Å²) in [5, 5.41) is 0. The predicted molar refractivity (Wildman–Crippen MR) is 38.5 cm³/mol. The molecule has 0 bridgehead atoms. The maximum atomic E-state index is 10.9. The van der Waals surface area contributed by atoms with Gasteiger partial charge in [-0.2, -0.15) is 0 Å². The normalized spacial score (nSPS) is 24.8. The molecule has 56 valence electrons. The lowest BCUT2D eigenvalue weighted by atomic mass is 10.1. The quantitative estimate of drug-likeness (QED) is 0.581. The van der Waals surface area contributed by atoms with Gasteiger partial charge in [0.1, 0.15) is 5.76 Å². The molecule has 1 aliphatic rings. The van der Waals surface area contributed by atoms with E-state index in [-0.39, 0.29) is 11.7 Å². The van der Waals surface area contributed by atoms with Crippen molar-refractivity contribution >= 4 is 5.78 Å². The first-order chi connectivity index (χ1) is 4.74. The molecule has 0 radical (unpaired) electrons. The van der Waals surface area contributed by atoms with Crippen LogP contribution in [0.4, 0.5) is 0 Å². The molecule has 0 aromatic heterocycles. The van der Waals surface area contributed by atoms with Gasteiger partial charge >= 0.3 is 0 Å². The Morgan fingerprint density at radius 3 is 2.90 bits per heavy atom. The number of carbonyl (C=O) groups is 1. The molecule has 1 aliphatic carbocycles. The minimum absolute atomic E-state index is 0.140. The Kier molecular flexibility index (Phi) is 2.10. The van der Waals surface area contributed by atoms with E-state index < -0.39 is 0 Å². The van der Waals surface area contributed by atoms with Crippen molar-refractivity contribution in [2.24, 2.45) is 5.92 Å². The highest BCUT2D eigenvalue weighted by molar-refractivity contribution is 5.94. The Labute approximate surface area is 60.9 Å². The molecule has 0 saturated heterocycles. The zero-order valence-corrected chi connectivity index (χ0v) is 6.39. The molecule has 0 saturated carbocycles. The molecule has 1 rings (SSSR count). The van der Waals surface area contributed by atoms with Gasteiger partial charge in [-0.25, -0.2) is 0 Å². The molecule has 0 N–H and O–H groups in total. The Morgan fingerprint density at radius 2 is 2.50 bits per heavy atom. The van der Waals surface area contributed by atoms with Crippen LogP contribution in [0.2, 0.25) is 0 Å². The maximum Gasteiger partial charge on any atom is 0.162 e. The highest BCUT2D eigenvalue weighted by Gasteiger charge is 2.21. The second-order valence-corrected chi connectivity index (χ2v) is 2.55. The Morgan fingerprint density at radius 1 is 1.80 bits per heavy atom. The molecule has 10 heavy (non-hydrogen) atoms. The van der Waals surface area contributed by atoms with Gasteiger partial charge in [-0.15, -0.1) is 0 Å². The van der Waals surface area contributed by atoms with Crippen LogP contribution in [-0.4, -0.2) is 12.4 Å². The zero-order chi connectivity index (χ0) is 7.56. The van der Waals surface area contributed by atoms with Gasteiger partial charge in [-0.1, -0.05) is 6.92 Å². The van der Waals surface area contributed by atoms with Gasteiger partial charge in [-0.05, 0) is 6.92 Å². The van der Waals surface area contributed by atoms with E-state index in [0.29, 0.717) is 6.61 Å². The van der Waals surface area contributed by atoms with Gasteiger partial charge in [0.15, 0.2) is 5.78 Å². The van der Waals surface area contributed by atoms with Crippen LogP contribution in [0.5, 0.6) is 0 Å². The number of hydrogen-bond acceptors (Lipinski definition) is 2. The third kappa shape index (κ3) is 1.38. The summed E-state index contributed by atoms with van der Waals surface area (Å²) in [6.45, 7) is 4.50. The molecular weight excluding hydrogens is 128 g/mol. The van der Waals surface area contributed by atoms with Crippen LogP contribution in [0, 0.1) is 5.92 Å². The molecule has 0 fully saturated rings. The highest BCUT2D eigenvalue weighted by atomic mass is 16.5. The fourth-order valence-electron chi connectivity index (χ4n) is 1.05. The van der Waals surface area contributed by atoms with Gasteiger partial charge in [0.05, 0.1) is 6.61 Å². The largest absolute Gasteiger partial charge is 0.498 e. The van der Waals surface area contributed by atoms with Crippen LogP contribution in [-0.2, 0) is 9.53 Å². The van der Waals surface area contributed by atoms with Gasteiger partial charge in [0.25, 0.3) is 0 Å². The summed E-state index contributed by atoms with van der Waals surface area (Å²) in [6.07, 6.45) is 2.39. The van der Waals surface area contributed by atoms with Crippen molar-refractivity contribution in [2.75, 3.05) is 6.61 Å². The molecule has 2 heteroatoms. The lowest BCUT2D eigenvalue weighted by molar-refractivity contribution is -0.116. The molecule has 1 unspecified atom stereocenters. The van der Waals surface area contributed by atoms with E-state index in [2.05, 4.69) is 0 Å². The van der Waals surface area contributed by atoms with E-state index in [1.165, 1.54) is 0 Å². The number of hydrogen-bond donors (Lipinski definition) is 0. The number of ketones is 1. The summed E-state index contributed by atoms with van der Waals surface area (Å²) in [5.41, 5.74) is 0. The number of rotatable bonds is 2. The average Bonchev–Trinajstić information content (AvgIpc) is 2.14. The summed E-state index contributed by atoms with van der Waals surface area (Å²) in [5.74, 6) is 1.19. The zero-order valence-electron chi connectivity index (χ0n) is 6.39. The van der Waals surface area contributed by atoms with E-state index in [0.717, 1.165) is 12.2 Å². The van der Waals surface area contributed by atoms with E-state index in [4.69, 9.17) is 4.74 Å². The van der Waals surface area contributed by atoms with Crippen LogP contribution >= 0.6 is 0 Å². The summed E-state index contributed by atoms with van der Waals surface area (Å²) >= 11 is 0. The van der Waals surface area contributed by atoms with Gasteiger partial charge in [0.2, 0.25) is 0 Å². The molecule has 0 spiro atoms. The SMILES string of the molecule is CCOC1=CC(=O)C(C)C1. The van der Waals surface area contributed by atoms with Crippen molar-refractivity contribution in [2.45, 2.75) is 20.3 Å². The van der Waals surface area contributed by atoms with Crippen LogP contribution in [0.15, 0.2) is 11.8 Å². The summed E-state index contributed by atoms with van der Waals surface area (Å²) in [4.78, 5) is 10.9. The van der Waals surface area contributed by atoms with Crippen molar-refractivity contribution in [1.29, 1.82) is 0 Å². The van der Waals surface area contributed by atoms with Crippen molar-refractivity contribution in [1.82, 2.24) is 0 Å². The minimum Gasteiger partial charge on any atom is -0.498 e. The molecule has 2 nitrogen and oxygen atoms in total. The maximum absolute atomic E-state index is 10.9. The van der Waals surface area contributed by atoms with Crippen molar-refractivity contribution in [3.05, 3.63) is 11.8 Å². The minimum atomic E-state index is 0.140. The van der Waals surface area contributed by atoms with Gasteiger partial charge in [0, 0.05) is 18.4 Å². The fraction of sp³-hybridized carbons (Fsp3) is 0.625. The number of ether oxygens (including phenoxy) is 1. The Hall–Kier alpha value is -0.790. The predicted octanol–water partition coefficient (Wildman–Crippen LogP) is 1.52. The summed E-state index contributed by atoms with van der Waals surface area (Å²) in [7, 11) is 0. The third-order valence-corrected chi connectivity index (χ3v) is 1.63. The van der Waals surface area contributed by atoms with Crippen molar-refractivity contribution in [3.63, 3.8) is 0 Å². The van der Waals surface area contributed by atoms with E-state index in [1.54, 1.807) is 6.08 Å². The summed E-state index contributed by atoms with van der Waals surface area (Å²) < 4.78 is 5.18. The summed E-state index contributed by atoms with van der Waals surface area (Å²) in [6, 6.07) is 0. The van der Waals surface area contributed by atoms with E-state index in [9.17, 15) is 4.79 Å². The standard InChI is InChI=1S/C8H12O2/c1-3-10-7-4-6(2)8(9)5-7/h5-6H,3-4H2,1-2H3.